The third-order valence-electron chi connectivity index (χ3n) is 2.77. The second kappa shape index (κ2) is 6.71. The first-order chi connectivity index (χ1) is 8.47. The number of hydrogen-bond donors (Lipinski definition) is 1. The Bertz CT molecular complexity index is 405. The van der Waals surface area contributed by atoms with Gasteiger partial charge in [0, 0.05) is 36.6 Å². The van der Waals surface area contributed by atoms with Gasteiger partial charge in [-0.1, -0.05) is 24.6 Å². The van der Waals surface area contributed by atoms with E-state index in [1.165, 1.54) is 11.0 Å². The van der Waals surface area contributed by atoms with Crippen molar-refractivity contribution in [2.24, 2.45) is 5.92 Å². The molecule has 18 heavy (non-hydrogen) atoms. The Morgan fingerprint density at radius 1 is 1.56 bits per heavy atom. The van der Waals surface area contributed by atoms with E-state index >= 15 is 0 Å². The molecule has 1 N–H and O–H groups in total. The van der Waals surface area contributed by atoms with Crippen molar-refractivity contribution in [3.63, 3.8) is 0 Å². The minimum Gasteiger partial charge on any atom is -0.341 e. The van der Waals surface area contributed by atoms with E-state index in [9.17, 15) is 9.18 Å². The molecule has 0 saturated heterocycles. The van der Waals surface area contributed by atoms with Crippen LogP contribution in [0.1, 0.15) is 12.5 Å². The van der Waals surface area contributed by atoms with Crippen molar-refractivity contribution in [2.45, 2.75) is 13.5 Å². The van der Waals surface area contributed by atoms with Crippen LogP contribution in [0, 0.1) is 11.7 Å². The molecule has 0 aromatic heterocycles. The second-order valence-electron chi connectivity index (χ2n) is 4.35. The zero-order valence-electron chi connectivity index (χ0n) is 10.8. The summed E-state index contributed by atoms with van der Waals surface area (Å²) in [6.45, 7) is 2.60. The van der Waals surface area contributed by atoms with E-state index in [1.54, 1.807) is 26.2 Å². The van der Waals surface area contributed by atoms with Crippen molar-refractivity contribution in [1.29, 1.82) is 0 Å². The summed E-state index contributed by atoms with van der Waals surface area (Å²) in [5.74, 6) is -0.572. The first kappa shape index (κ1) is 14.9. The Kier molecular flexibility index (Phi) is 5.56. The van der Waals surface area contributed by atoms with Gasteiger partial charge in [0.2, 0.25) is 5.91 Å². The maximum Gasteiger partial charge on any atom is 0.226 e. The van der Waals surface area contributed by atoms with Gasteiger partial charge < -0.3 is 10.2 Å². The predicted octanol–water partition coefficient (Wildman–Crippen LogP) is 2.29. The lowest BCUT2D eigenvalue weighted by molar-refractivity contribution is -0.134. The molecule has 1 rings (SSSR count). The molecule has 1 unspecified atom stereocenters. The minimum atomic E-state index is -0.386. The largest absolute Gasteiger partial charge is 0.341 e. The van der Waals surface area contributed by atoms with E-state index in [0.717, 1.165) is 0 Å². The average molecular weight is 273 g/mol. The van der Waals surface area contributed by atoms with E-state index < -0.39 is 0 Å². The molecule has 0 aliphatic rings. The van der Waals surface area contributed by atoms with Crippen molar-refractivity contribution < 1.29 is 9.18 Å². The first-order valence-electron chi connectivity index (χ1n) is 5.79. The molecule has 1 aromatic rings. The number of carbonyl (C=O) groups excluding carboxylic acids is 1. The fourth-order valence-corrected chi connectivity index (χ4v) is 1.99. The zero-order valence-corrected chi connectivity index (χ0v) is 11.6. The van der Waals surface area contributed by atoms with E-state index in [2.05, 4.69) is 5.32 Å². The number of nitrogens with one attached hydrogen (secondary N) is 1. The van der Waals surface area contributed by atoms with Crippen LogP contribution in [0.25, 0.3) is 0 Å². The van der Waals surface area contributed by atoms with Crippen molar-refractivity contribution in [3.8, 4) is 0 Å². The fourth-order valence-electron chi connectivity index (χ4n) is 1.77. The molecule has 0 aliphatic carbocycles. The first-order valence-corrected chi connectivity index (χ1v) is 6.17. The Labute approximate surface area is 112 Å². The molecule has 1 atom stereocenters. The van der Waals surface area contributed by atoms with Gasteiger partial charge >= 0.3 is 0 Å². The van der Waals surface area contributed by atoms with Crippen LogP contribution in [0.3, 0.4) is 0 Å². The Balaban J connectivity index is 2.75. The predicted molar refractivity (Wildman–Crippen MR) is 71.0 cm³/mol. The zero-order chi connectivity index (χ0) is 13.7. The Morgan fingerprint density at radius 3 is 2.78 bits per heavy atom. The van der Waals surface area contributed by atoms with Gasteiger partial charge in [-0.05, 0) is 19.2 Å². The van der Waals surface area contributed by atoms with Crippen LogP contribution < -0.4 is 5.32 Å². The summed E-state index contributed by atoms with van der Waals surface area (Å²) in [4.78, 5) is 13.5. The van der Waals surface area contributed by atoms with Gasteiger partial charge in [-0.2, -0.15) is 0 Å². The number of hydrogen-bond acceptors (Lipinski definition) is 2. The van der Waals surface area contributed by atoms with Gasteiger partial charge in [-0.25, -0.2) is 4.39 Å². The lowest BCUT2D eigenvalue weighted by Gasteiger charge is -2.22. The smallest absolute Gasteiger partial charge is 0.226 e. The van der Waals surface area contributed by atoms with Crippen LogP contribution in [0.5, 0.6) is 0 Å². The van der Waals surface area contributed by atoms with Gasteiger partial charge in [0.1, 0.15) is 5.82 Å². The van der Waals surface area contributed by atoms with Crippen LogP contribution >= 0.6 is 11.6 Å². The van der Waals surface area contributed by atoms with Crippen LogP contribution in [-0.2, 0) is 11.3 Å². The van der Waals surface area contributed by atoms with E-state index in [4.69, 9.17) is 11.6 Å². The summed E-state index contributed by atoms with van der Waals surface area (Å²) in [7, 11) is 3.44. The van der Waals surface area contributed by atoms with Crippen molar-refractivity contribution in [3.05, 3.63) is 34.6 Å². The van der Waals surface area contributed by atoms with E-state index in [-0.39, 0.29) is 24.2 Å². The van der Waals surface area contributed by atoms with Gasteiger partial charge in [0.05, 0.1) is 0 Å². The van der Waals surface area contributed by atoms with Gasteiger partial charge in [-0.3, -0.25) is 4.79 Å². The van der Waals surface area contributed by atoms with Crippen LogP contribution in [0.2, 0.25) is 5.02 Å². The van der Waals surface area contributed by atoms with Crippen LogP contribution in [0.15, 0.2) is 18.2 Å². The molecule has 0 saturated carbocycles. The normalized spacial score (nSPS) is 12.3. The van der Waals surface area contributed by atoms with Gasteiger partial charge in [0.25, 0.3) is 0 Å². The highest BCUT2D eigenvalue weighted by atomic mass is 35.5. The molecule has 3 nitrogen and oxygen atoms in total. The maximum absolute atomic E-state index is 13.6. The average Bonchev–Trinajstić information content (AvgIpc) is 2.33. The number of benzene rings is 1. The summed E-state index contributed by atoms with van der Waals surface area (Å²) in [6, 6.07) is 4.51. The molecule has 5 heteroatoms. The maximum atomic E-state index is 13.6. The highest BCUT2D eigenvalue weighted by Crippen LogP contribution is 2.20. The quantitative estimate of drug-likeness (QED) is 0.892. The summed E-state index contributed by atoms with van der Waals surface area (Å²) >= 11 is 5.93. The molecule has 0 fully saturated rings. The highest BCUT2D eigenvalue weighted by molar-refractivity contribution is 6.31. The Morgan fingerprint density at radius 2 is 2.22 bits per heavy atom. The van der Waals surface area contributed by atoms with E-state index in [0.29, 0.717) is 17.1 Å². The standard InChI is InChI=1S/C13H18ClFN2O/c1-9(7-16-2)13(18)17(3)8-10-11(14)5-4-6-12(10)15/h4-6,9,16H,7-8H2,1-3H3. The third kappa shape index (κ3) is 3.68. The number of carbonyl (C=O) groups is 1. The van der Waals surface area contributed by atoms with Crippen molar-refractivity contribution in [1.82, 2.24) is 10.2 Å². The molecular formula is C13H18ClFN2O. The molecule has 100 valence electrons. The number of halogens is 2. The van der Waals surface area contributed by atoms with Crippen LogP contribution in [0.4, 0.5) is 4.39 Å². The summed E-state index contributed by atoms with van der Waals surface area (Å²) in [6.07, 6.45) is 0. The van der Waals surface area contributed by atoms with Crippen molar-refractivity contribution in [2.75, 3.05) is 20.6 Å². The summed E-state index contributed by atoms with van der Waals surface area (Å²) in [5, 5.41) is 3.29. The van der Waals surface area contributed by atoms with Gasteiger partial charge in [-0.15, -0.1) is 0 Å². The summed E-state index contributed by atoms with van der Waals surface area (Å²) in [5.41, 5.74) is 0.353. The number of rotatable bonds is 5. The monoisotopic (exact) mass is 272 g/mol. The molecule has 1 aromatic carbocycles. The van der Waals surface area contributed by atoms with E-state index in [1.807, 2.05) is 6.92 Å². The SMILES string of the molecule is CNCC(C)C(=O)N(C)Cc1c(F)cccc1Cl. The molecule has 0 bridgehead atoms. The molecule has 0 heterocycles. The lowest BCUT2D eigenvalue weighted by Crippen LogP contribution is -2.35. The lowest BCUT2D eigenvalue weighted by atomic mass is 10.1. The minimum absolute atomic E-state index is 0.0383. The fraction of sp³-hybridized carbons (Fsp3) is 0.462. The molecule has 0 aliphatic heterocycles. The topological polar surface area (TPSA) is 32.3 Å². The van der Waals surface area contributed by atoms with Crippen molar-refractivity contribution >= 4 is 17.5 Å². The number of nitrogens with zero attached hydrogens (tertiary/aromatic N) is 1. The Hall–Kier alpha value is -1.13. The van der Waals surface area contributed by atoms with Gasteiger partial charge in [0.15, 0.2) is 0 Å². The number of amides is 1. The molecule has 0 spiro atoms. The molecule has 0 radical (unpaired) electrons. The molecule has 1 amide bonds. The second-order valence-corrected chi connectivity index (χ2v) is 4.76. The third-order valence-corrected chi connectivity index (χ3v) is 3.12. The molecular weight excluding hydrogens is 255 g/mol. The highest BCUT2D eigenvalue weighted by Gasteiger charge is 2.19. The van der Waals surface area contributed by atoms with Crippen LogP contribution in [-0.4, -0.2) is 31.4 Å². The summed E-state index contributed by atoms with van der Waals surface area (Å²) < 4.78 is 13.6.